The van der Waals surface area contributed by atoms with Gasteiger partial charge in [-0.25, -0.2) is 9.97 Å². The van der Waals surface area contributed by atoms with Crippen LogP contribution in [0.25, 0.3) is 10.2 Å². The van der Waals surface area contributed by atoms with Gasteiger partial charge in [0.15, 0.2) is 5.16 Å². The van der Waals surface area contributed by atoms with Crippen molar-refractivity contribution in [1.82, 2.24) is 19.9 Å². The lowest BCUT2D eigenvalue weighted by molar-refractivity contribution is -0.131. The number of carbonyl (C=O) groups is 1. The zero-order valence-corrected chi connectivity index (χ0v) is 17.7. The van der Waals surface area contributed by atoms with Crippen LogP contribution >= 0.6 is 23.1 Å². The summed E-state index contributed by atoms with van der Waals surface area (Å²) >= 11 is 1.73. The fourth-order valence-corrected chi connectivity index (χ4v) is 4.45. The van der Waals surface area contributed by atoms with Crippen molar-refractivity contribution in [3.05, 3.63) is 50.9 Å². The quantitative estimate of drug-likeness (QED) is 0.443. The number of thiazole rings is 1. The molecule has 0 saturated carbocycles. The Labute approximate surface area is 174 Å². The minimum absolute atomic E-state index is 0.110. The number of aromatic amines is 1. The maximum Gasteiger partial charge on any atom is 0.291 e. The van der Waals surface area contributed by atoms with E-state index in [1.54, 1.807) is 30.2 Å². The van der Waals surface area contributed by atoms with Crippen molar-refractivity contribution in [3.63, 3.8) is 0 Å². The molecule has 2 heterocycles. The number of rotatable bonds is 7. The van der Waals surface area contributed by atoms with Crippen molar-refractivity contribution in [3.8, 4) is 0 Å². The smallest absolute Gasteiger partial charge is 0.291 e. The molecule has 0 aliphatic rings. The number of H-pyrrole nitrogens is 1. The summed E-state index contributed by atoms with van der Waals surface area (Å²) in [5.41, 5.74) is 1.09. The second-order valence-corrected chi connectivity index (χ2v) is 8.55. The average Bonchev–Trinajstić information content (AvgIpc) is 3.09. The third-order valence-corrected chi connectivity index (χ3v) is 6.43. The van der Waals surface area contributed by atoms with Crippen LogP contribution < -0.4 is 5.56 Å². The molecule has 1 aromatic carbocycles. The van der Waals surface area contributed by atoms with E-state index in [1.807, 2.05) is 31.2 Å². The second-order valence-electron chi connectivity index (χ2n) is 6.51. The summed E-state index contributed by atoms with van der Waals surface area (Å²) in [6.07, 6.45) is 0.294. The van der Waals surface area contributed by atoms with Gasteiger partial charge in [0.05, 0.1) is 16.3 Å². The SMILES string of the molecule is Cc1nc(SC(F)F)[nH]c(=O)c1CCC(=O)N(C)C(C)c1nc2ccccc2s1. The first kappa shape index (κ1) is 21.4. The normalized spacial score (nSPS) is 12.5. The number of halogens is 2. The number of amides is 1. The van der Waals surface area contributed by atoms with E-state index in [1.165, 1.54) is 0 Å². The number of para-hydroxylation sites is 1. The van der Waals surface area contributed by atoms with Gasteiger partial charge >= 0.3 is 0 Å². The number of aryl methyl sites for hydroxylation is 1. The molecular weight excluding hydrogens is 418 g/mol. The van der Waals surface area contributed by atoms with E-state index in [0.29, 0.717) is 11.3 Å². The van der Waals surface area contributed by atoms with Gasteiger partial charge in [0.25, 0.3) is 11.3 Å². The first-order valence-corrected chi connectivity index (χ1v) is 10.6. The number of benzene rings is 1. The van der Waals surface area contributed by atoms with Crippen LogP contribution in [0.1, 0.15) is 35.7 Å². The van der Waals surface area contributed by atoms with Crippen molar-refractivity contribution < 1.29 is 13.6 Å². The minimum atomic E-state index is -2.66. The maximum atomic E-state index is 12.6. The molecule has 1 atom stereocenters. The minimum Gasteiger partial charge on any atom is -0.337 e. The molecule has 0 aliphatic carbocycles. The Kier molecular flexibility index (Phi) is 6.63. The topological polar surface area (TPSA) is 79.0 Å². The molecule has 6 nitrogen and oxygen atoms in total. The Balaban J connectivity index is 1.67. The van der Waals surface area contributed by atoms with Crippen LogP contribution in [0.2, 0.25) is 0 Å². The zero-order chi connectivity index (χ0) is 21.1. The standard InChI is InChI=1S/C19H20F2N4O2S2/c1-10-12(16(27)24-19(22-10)29-18(20)21)8-9-15(26)25(3)11(2)17-23-13-6-4-5-7-14(13)28-17/h4-7,11,18H,8-9H2,1-3H3,(H,22,24,27). The van der Waals surface area contributed by atoms with Crippen molar-refractivity contribution in [2.45, 2.75) is 43.6 Å². The number of nitrogens with zero attached hydrogens (tertiary/aromatic N) is 3. The van der Waals surface area contributed by atoms with Gasteiger partial charge in [0.1, 0.15) is 5.01 Å². The molecule has 0 radical (unpaired) electrons. The molecule has 2 aromatic heterocycles. The van der Waals surface area contributed by atoms with Gasteiger partial charge in [-0.15, -0.1) is 11.3 Å². The average molecular weight is 439 g/mol. The number of aromatic nitrogens is 3. The van der Waals surface area contributed by atoms with E-state index < -0.39 is 11.3 Å². The highest BCUT2D eigenvalue weighted by atomic mass is 32.2. The molecule has 0 fully saturated rings. The molecule has 3 rings (SSSR count). The molecule has 0 aliphatic heterocycles. The lowest BCUT2D eigenvalue weighted by Gasteiger charge is -2.23. The van der Waals surface area contributed by atoms with Crippen LogP contribution in [-0.2, 0) is 11.2 Å². The number of hydrogen-bond acceptors (Lipinski definition) is 6. The van der Waals surface area contributed by atoms with E-state index in [9.17, 15) is 18.4 Å². The first-order chi connectivity index (χ1) is 13.8. The van der Waals surface area contributed by atoms with E-state index >= 15 is 0 Å². The number of alkyl halides is 2. The molecule has 29 heavy (non-hydrogen) atoms. The maximum absolute atomic E-state index is 12.6. The second kappa shape index (κ2) is 9.00. The monoisotopic (exact) mass is 438 g/mol. The van der Waals surface area contributed by atoms with Crippen molar-refractivity contribution in [1.29, 1.82) is 0 Å². The van der Waals surface area contributed by atoms with Gasteiger partial charge in [-0.1, -0.05) is 12.1 Å². The highest BCUT2D eigenvalue weighted by Crippen LogP contribution is 2.29. The number of nitrogens with one attached hydrogen (secondary N) is 1. The Morgan fingerprint density at radius 2 is 2.03 bits per heavy atom. The van der Waals surface area contributed by atoms with Crippen LogP contribution in [0.3, 0.4) is 0 Å². The Morgan fingerprint density at radius 1 is 1.31 bits per heavy atom. The van der Waals surface area contributed by atoms with Crippen LogP contribution in [0, 0.1) is 6.92 Å². The molecule has 1 amide bonds. The number of thioether (sulfide) groups is 1. The van der Waals surface area contributed by atoms with E-state index in [0.717, 1.165) is 15.2 Å². The van der Waals surface area contributed by atoms with Crippen molar-refractivity contribution >= 4 is 39.2 Å². The van der Waals surface area contributed by atoms with Crippen LogP contribution in [0.5, 0.6) is 0 Å². The molecule has 1 unspecified atom stereocenters. The van der Waals surface area contributed by atoms with Gasteiger partial charge < -0.3 is 9.88 Å². The first-order valence-electron chi connectivity index (χ1n) is 8.92. The summed E-state index contributed by atoms with van der Waals surface area (Å²) in [5, 5.41) is 0.713. The summed E-state index contributed by atoms with van der Waals surface area (Å²) in [4.78, 5) is 37.4. The van der Waals surface area contributed by atoms with Gasteiger partial charge in [0.2, 0.25) is 5.91 Å². The van der Waals surface area contributed by atoms with E-state index in [2.05, 4.69) is 15.0 Å². The molecule has 1 N–H and O–H groups in total. The van der Waals surface area contributed by atoms with Gasteiger partial charge in [-0.05, 0) is 44.2 Å². The van der Waals surface area contributed by atoms with Gasteiger partial charge in [-0.2, -0.15) is 8.78 Å². The molecule has 0 bridgehead atoms. The molecule has 154 valence electrons. The fourth-order valence-electron chi connectivity index (χ4n) is 2.88. The summed E-state index contributed by atoms with van der Waals surface area (Å²) < 4.78 is 26.0. The predicted octanol–water partition coefficient (Wildman–Crippen LogP) is 4.15. The van der Waals surface area contributed by atoms with Crippen LogP contribution in [-0.4, -0.2) is 38.6 Å². The summed E-state index contributed by atoms with van der Waals surface area (Å²) in [5.74, 6) is -2.80. The van der Waals surface area contributed by atoms with Crippen molar-refractivity contribution in [2.75, 3.05) is 7.05 Å². The molecular formula is C19H20F2N4O2S2. The van der Waals surface area contributed by atoms with E-state index in [4.69, 9.17) is 0 Å². The lowest BCUT2D eigenvalue weighted by Crippen LogP contribution is -2.30. The summed E-state index contributed by atoms with van der Waals surface area (Å²) in [6.45, 7) is 3.49. The molecule has 10 heteroatoms. The third-order valence-electron chi connectivity index (χ3n) is 4.63. The summed E-state index contributed by atoms with van der Waals surface area (Å²) in [6, 6.07) is 7.58. The molecule has 0 spiro atoms. The highest BCUT2D eigenvalue weighted by molar-refractivity contribution is 7.99. The molecule has 0 saturated heterocycles. The van der Waals surface area contributed by atoms with Crippen LogP contribution in [0.4, 0.5) is 8.78 Å². The largest absolute Gasteiger partial charge is 0.337 e. The number of hydrogen-bond donors (Lipinski definition) is 1. The summed E-state index contributed by atoms with van der Waals surface area (Å²) in [7, 11) is 1.71. The highest BCUT2D eigenvalue weighted by Gasteiger charge is 2.21. The Morgan fingerprint density at radius 3 is 2.69 bits per heavy atom. The van der Waals surface area contributed by atoms with Gasteiger partial charge in [-0.3, -0.25) is 9.59 Å². The molecule has 3 aromatic rings. The van der Waals surface area contributed by atoms with Crippen molar-refractivity contribution in [2.24, 2.45) is 0 Å². The fraction of sp³-hybridized carbons (Fsp3) is 0.368. The third kappa shape index (κ3) is 4.99. The number of fused-ring (bicyclic) bond motifs is 1. The lowest BCUT2D eigenvalue weighted by atomic mass is 10.1. The Bertz CT molecular complexity index is 1050. The Hall–Kier alpha value is -2.33. The number of carbonyl (C=O) groups excluding carboxylic acids is 1. The predicted molar refractivity (Wildman–Crippen MR) is 111 cm³/mol. The van der Waals surface area contributed by atoms with E-state index in [-0.39, 0.29) is 41.7 Å². The van der Waals surface area contributed by atoms with Gasteiger partial charge in [0, 0.05) is 24.7 Å². The van der Waals surface area contributed by atoms with Crippen LogP contribution in [0.15, 0.2) is 34.2 Å². The zero-order valence-electron chi connectivity index (χ0n) is 16.1.